The molecule has 0 spiro atoms. The molecule has 0 amide bonds. The van der Waals surface area contributed by atoms with Gasteiger partial charge in [-0.15, -0.1) is 0 Å². The molecular formula is C12H17ClN2O2. The molecule has 1 saturated heterocycles. The van der Waals surface area contributed by atoms with Gasteiger partial charge in [0.25, 0.3) is 0 Å². The Kier molecular flexibility index (Phi) is 4.20. The van der Waals surface area contributed by atoms with Crippen LogP contribution in [0.1, 0.15) is 18.4 Å². The first-order valence-electron chi connectivity index (χ1n) is 5.85. The van der Waals surface area contributed by atoms with Crippen LogP contribution in [0.3, 0.4) is 0 Å². The summed E-state index contributed by atoms with van der Waals surface area (Å²) in [4.78, 5) is 6.45. The highest BCUT2D eigenvalue weighted by atomic mass is 35.5. The Hall–Kier alpha value is -0.840. The van der Waals surface area contributed by atoms with Crippen LogP contribution in [-0.2, 0) is 6.61 Å². The van der Waals surface area contributed by atoms with E-state index in [1.807, 2.05) is 6.07 Å². The molecule has 0 aromatic carbocycles. The normalized spacial score (nSPS) is 17.5. The maximum absolute atomic E-state index is 9.16. The van der Waals surface area contributed by atoms with Gasteiger partial charge in [-0.1, -0.05) is 11.6 Å². The number of anilines is 1. The van der Waals surface area contributed by atoms with Crippen LogP contribution < -0.4 is 4.90 Å². The van der Waals surface area contributed by atoms with E-state index < -0.39 is 0 Å². The maximum Gasteiger partial charge on any atom is 0.128 e. The summed E-state index contributed by atoms with van der Waals surface area (Å²) >= 11 is 5.91. The Bertz CT molecular complexity index is 379. The van der Waals surface area contributed by atoms with Crippen molar-refractivity contribution in [2.75, 3.05) is 24.6 Å². The molecule has 1 aromatic heterocycles. The Morgan fingerprint density at radius 1 is 1.35 bits per heavy atom. The maximum atomic E-state index is 9.16. The predicted octanol–water partition coefficient (Wildman–Crippen LogP) is 1.44. The molecule has 2 heterocycles. The second-order valence-corrected chi connectivity index (χ2v) is 4.81. The average molecular weight is 257 g/mol. The van der Waals surface area contributed by atoms with Crippen molar-refractivity contribution in [3.05, 3.63) is 22.8 Å². The van der Waals surface area contributed by atoms with Gasteiger partial charge in [0, 0.05) is 31.5 Å². The number of nitrogens with zero attached hydrogens (tertiary/aromatic N) is 2. The first-order valence-corrected chi connectivity index (χ1v) is 6.23. The lowest BCUT2D eigenvalue weighted by molar-refractivity contribution is 0.203. The van der Waals surface area contributed by atoms with Crippen molar-refractivity contribution in [2.24, 2.45) is 5.92 Å². The molecule has 1 aliphatic heterocycles. The Balaban J connectivity index is 2.08. The highest BCUT2D eigenvalue weighted by Gasteiger charge is 2.19. The summed E-state index contributed by atoms with van der Waals surface area (Å²) in [6, 6.07) is 1.83. The van der Waals surface area contributed by atoms with Gasteiger partial charge in [-0.05, 0) is 24.8 Å². The Labute approximate surface area is 106 Å². The van der Waals surface area contributed by atoms with Crippen LogP contribution in [0.5, 0.6) is 0 Å². The monoisotopic (exact) mass is 256 g/mol. The minimum atomic E-state index is -0.0680. The van der Waals surface area contributed by atoms with Crippen LogP contribution in [0, 0.1) is 5.92 Å². The Morgan fingerprint density at radius 3 is 2.65 bits per heavy atom. The first-order chi connectivity index (χ1) is 8.24. The second kappa shape index (κ2) is 5.67. The van der Waals surface area contributed by atoms with Crippen molar-refractivity contribution >= 4 is 17.4 Å². The summed E-state index contributed by atoms with van der Waals surface area (Å²) < 4.78 is 0. The van der Waals surface area contributed by atoms with E-state index >= 15 is 0 Å². The van der Waals surface area contributed by atoms with Crippen LogP contribution >= 0.6 is 11.6 Å². The minimum Gasteiger partial charge on any atom is -0.396 e. The molecular weight excluding hydrogens is 240 g/mol. The van der Waals surface area contributed by atoms with E-state index in [1.54, 1.807) is 6.20 Å². The molecule has 0 radical (unpaired) electrons. The number of hydrogen-bond acceptors (Lipinski definition) is 4. The fourth-order valence-corrected chi connectivity index (χ4v) is 2.27. The molecule has 2 N–H and O–H groups in total. The van der Waals surface area contributed by atoms with E-state index in [4.69, 9.17) is 21.8 Å². The van der Waals surface area contributed by atoms with Gasteiger partial charge in [0.05, 0.1) is 11.6 Å². The van der Waals surface area contributed by atoms with Crippen molar-refractivity contribution in [1.82, 2.24) is 4.98 Å². The highest BCUT2D eigenvalue weighted by molar-refractivity contribution is 6.31. The zero-order valence-corrected chi connectivity index (χ0v) is 10.4. The van der Waals surface area contributed by atoms with E-state index in [-0.39, 0.29) is 13.2 Å². The minimum absolute atomic E-state index is 0.0680. The van der Waals surface area contributed by atoms with Crippen molar-refractivity contribution in [2.45, 2.75) is 19.4 Å². The summed E-state index contributed by atoms with van der Waals surface area (Å²) in [6.45, 7) is 1.99. The molecule has 1 aromatic rings. The highest BCUT2D eigenvalue weighted by Crippen LogP contribution is 2.24. The smallest absolute Gasteiger partial charge is 0.128 e. The molecule has 17 heavy (non-hydrogen) atoms. The lowest BCUT2D eigenvalue weighted by Gasteiger charge is -2.32. The fraction of sp³-hybridized carbons (Fsp3) is 0.583. The zero-order chi connectivity index (χ0) is 12.3. The summed E-state index contributed by atoms with van der Waals surface area (Å²) in [6.07, 6.45) is 3.55. The van der Waals surface area contributed by atoms with Gasteiger partial charge in [0.2, 0.25) is 0 Å². The molecule has 5 heteroatoms. The number of piperidine rings is 1. The molecule has 4 nitrogen and oxygen atoms in total. The van der Waals surface area contributed by atoms with E-state index in [1.165, 1.54) is 0 Å². The van der Waals surface area contributed by atoms with Crippen molar-refractivity contribution in [3.8, 4) is 0 Å². The predicted molar refractivity (Wildman–Crippen MR) is 67.2 cm³/mol. The zero-order valence-electron chi connectivity index (χ0n) is 9.64. The molecule has 0 bridgehead atoms. The third-order valence-electron chi connectivity index (χ3n) is 3.29. The summed E-state index contributed by atoms with van der Waals surface area (Å²) in [5.74, 6) is 1.27. The molecule has 0 aliphatic carbocycles. The topological polar surface area (TPSA) is 56.6 Å². The molecule has 1 aliphatic rings. The molecule has 1 fully saturated rings. The molecule has 0 saturated carbocycles. The van der Waals surface area contributed by atoms with Crippen molar-refractivity contribution < 1.29 is 10.2 Å². The van der Waals surface area contributed by atoms with Gasteiger partial charge in [-0.25, -0.2) is 4.98 Å². The summed E-state index contributed by atoms with van der Waals surface area (Å²) in [7, 11) is 0. The third-order valence-corrected chi connectivity index (χ3v) is 3.63. The number of pyridine rings is 1. The molecule has 2 rings (SSSR count). The second-order valence-electron chi connectivity index (χ2n) is 4.41. The summed E-state index contributed by atoms with van der Waals surface area (Å²) in [5.41, 5.74) is 0.709. The number of aliphatic hydroxyl groups is 2. The lowest BCUT2D eigenvalue weighted by atomic mass is 9.98. The molecule has 0 unspecified atom stereocenters. The van der Waals surface area contributed by atoms with Gasteiger partial charge in [-0.2, -0.15) is 0 Å². The van der Waals surface area contributed by atoms with Gasteiger partial charge < -0.3 is 15.1 Å². The molecule has 0 atom stereocenters. The van der Waals surface area contributed by atoms with E-state index in [0.29, 0.717) is 16.5 Å². The van der Waals surface area contributed by atoms with E-state index in [0.717, 1.165) is 31.7 Å². The first kappa shape index (κ1) is 12.6. The molecule has 94 valence electrons. The number of aromatic nitrogens is 1. The number of hydrogen-bond donors (Lipinski definition) is 2. The lowest BCUT2D eigenvalue weighted by Crippen LogP contribution is -2.35. The van der Waals surface area contributed by atoms with E-state index in [9.17, 15) is 0 Å². The van der Waals surface area contributed by atoms with Crippen LogP contribution in [0.25, 0.3) is 0 Å². The SMILES string of the molecule is OCc1cc(N2CCC(CO)CC2)ncc1Cl. The quantitative estimate of drug-likeness (QED) is 0.859. The summed E-state index contributed by atoms with van der Waals surface area (Å²) in [5, 5.41) is 18.7. The van der Waals surface area contributed by atoms with Crippen molar-refractivity contribution in [3.63, 3.8) is 0 Å². The van der Waals surface area contributed by atoms with Crippen LogP contribution in [0.2, 0.25) is 5.02 Å². The number of aliphatic hydroxyl groups excluding tert-OH is 2. The van der Waals surface area contributed by atoms with Crippen LogP contribution in [0.15, 0.2) is 12.3 Å². The van der Waals surface area contributed by atoms with Gasteiger partial charge >= 0.3 is 0 Å². The van der Waals surface area contributed by atoms with Crippen LogP contribution in [-0.4, -0.2) is 34.9 Å². The van der Waals surface area contributed by atoms with E-state index in [2.05, 4.69) is 9.88 Å². The van der Waals surface area contributed by atoms with Gasteiger partial charge in [0.1, 0.15) is 5.82 Å². The average Bonchev–Trinajstić information content (AvgIpc) is 2.39. The van der Waals surface area contributed by atoms with Crippen molar-refractivity contribution in [1.29, 1.82) is 0 Å². The fourth-order valence-electron chi connectivity index (χ4n) is 2.11. The number of rotatable bonds is 3. The Morgan fingerprint density at radius 2 is 2.06 bits per heavy atom. The van der Waals surface area contributed by atoms with Gasteiger partial charge in [-0.3, -0.25) is 0 Å². The standard InChI is InChI=1S/C12H17ClN2O2/c13-11-6-14-12(5-10(11)8-17)15-3-1-9(7-16)2-4-15/h5-6,9,16-17H,1-4,7-8H2. The van der Waals surface area contributed by atoms with Crippen LogP contribution in [0.4, 0.5) is 5.82 Å². The largest absolute Gasteiger partial charge is 0.396 e. The number of halogens is 1. The van der Waals surface area contributed by atoms with Gasteiger partial charge in [0.15, 0.2) is 0 Å². The third kappa shape index (κ3) is 2.89.